The van der Waals surface area contributed by atoms with Gasteiger partial charge in [-0.15, -0.1) is 0 Å². The number of alkyl halides is 19. The van der Waals surface area contributed by atoms with Crippen molar-refractivity contribution in [3.05, 3.63) is 0 Å². The van der Waals surface area contributed by atoms with Crippen molar-refractivity contribution < 1.29 is 88.2 Å². The van der Waals surface area contributed by atoms with Crippen molar-refractivity contribution in [1.29, 1.82) is 0 Å². The molecule has 0 atom stereocenters. The van der Waals surface area contributed by atoms with Gasteiger partial charge in [0.25, 0.3) is 0 Å². The fraction of sp³-hybridized carbons (Fsp3) is 1.00. The highest BCUT2D eigenvalue weighted by molar-refractivity contribution is 5.19. The standard InChI is InChI=1S/C12H7F19O/c1-32-3-2-4(13,14)6(16,17)8(20,21)10(24,25)9(22,23)7(18,19)5(15,11(26,27)28)12(29,30)31/h2-3H2,1H3. The maximum Gasteiger partial charge on any atom is 0.438 e. The average molecular weight is 528 g/mol. The molecule has 0 aromatic heterocycles. The number of hydrogen-bond acceptors (Lipinski definition) is 1. The average Bonchev–Trinajstić information content (AvgIpc) is 2.56. The molecule has 0 aliphatic rings. The Morgan fingerprint density at radius 1 is 0.438 bits per heavy atom. The molecule has 0 spiro atoms. The summed E-state index contributed by atoms with van der Waals surface area (Å²) in [5.41, 5.74) is -8.72. The largest absolute Gasteiger partial charge is 0.438 e. The van der Waals surface area contributed by atoms with Crippen LogP contribution in [0.1, 0.15) is 6.42 Å². The Labute approximate surface area is 163 Å². The molecule has 0 rings (SSSR count). The molecule has 0 bridgehead atoms. The zero-order chi connectivity index (χ0) is 26.6. The third-order valence-electron chi connectivity index (χ3n) is 3.87. The Morgan fingerprint density at radius 2 is 0.719 bits per heavy atom. The summed E-state index contributed by atoms with van der Waals surface area (Å²) in [5.74, 6) is -49.6. The zero-order valence-corrected chi connectivity index (χ0v) is 14.5. The Kier molecular flexibility index (Phi) is 7.51. The van der Waals surface area contributed by atoms with Gasteiger partial charge in [0.15, 0.2) is 0 Å². The molecule has 20 heteroatoms. The molecule has 32 heavy (non-hydrogen) atoms. The van der Waals surface area contributed by atoms with Crippen molar-refractivity contribution in [1.82, 2.24) is 0 Å². The normalized spacial score (nSPS) is 16.5. The summed E-state index contributed by atoms with van der Waals surface area (Å²) >= 11 is 0. The monoisotopic (exact) mass is 528 g/mol. The van der Waals surface area contributed by atoms with E-state index in [2.05, 4.69) is 4.74 Å². The van der Waals surface area contributed by atoms with Crippen molar-refractivity contribution >= 4 is 0 Å². The van der Waals surface area contributed by atoms with E-state index in [0.717, 1.165) is 0 Å². The van der Waals surface area contributed by atoms with E-state index < -0.39 is 66.6 Å². The maximum atomic E-state index is 13.4. The van der Waals surface area contributed by atoms with E-state index in [1.54, 1.807) is 0 Å². The predicted octanol–water partition coefficient (Wildman–Crippen LogP) is 6.67. The van der Waals surface area contributed by atoms with E-state index in [-0.39, 0.29) is 0 Å². The molecule has 0 fully saturated rings. The van der Waals surface area contributed by atoms with Gasteiger partial charge in [-0.05, 0) is 0 Å². The summed E-state index contributed by atoms with van der Waals surface area (Å²) in [6.07, 6.45) is -19.2. The molecule has 1 nitrogen and oxygen atoms in total. The molecular formula is C12H7F19O. The van der Waals surface area contributed by atoms with Crippen LogP contribution >= 0.6 is 0 Å². The van der Waals surface area contributed by atoms with Crippen LogP contribution in [0.5, 0.6) is 0 Å². The molecule has 0 amide bonds. The number of methoxy groups -OCH3 is 1. The molecule has 0 aromatic rings. The van der Waals surface area contributed by atoms with Gasteiger partial charge in [-0.3, -0.25) is 0 Å². The number of hydrogen-bond donors (Lipinski definition) is 0. The lowest BCUT2D eigenvalue weighted by Crippen LogP contribution is -2.77. The topological polar surface area (TPSA) is 9.23 Å². The Balaban J connectivity index is 6.97. The second kappa shape index (κ2) is 7.85. The minimum Gasteiger partial charge on any atom is -0.384 e. The highest BCUT2D eigenvalue weighted by atomic mass is 19.4. The zero-order valence-electron chi connectivity index (χ0n) is 14.5. The SMILES string of the molecule is COCCC(F)(F)C(F)(F)C(F)(F)C(F)(F)C(F)(F)C(F)(F)C(F)(C(F)(F)F)C(F)(F)F. The van der Waals surface area contributed by atoms with Crippen LogP contribution in [-0.4, -0.2) is 67.3 Å². The van der Waals surface area contributed by atoms with Gasteiger partial charge in [-0.1, -0.05) is 0 Å². The first kappa shape index (κ1) is 30.6. The van der Waals surface area contributed by atoms with Gasteiger partial charge in [-0.2, -0.15) is 79.0 Å². The fourth-order valence-corrected chi connectivity index (χ4v) is 1.94. The van der Waals surface area contributed by atoms with Crippen LogP contribution in [0.2, 0.25) is 0 Å². The van der Waals surface area contributed by atoms with E-state index in [1.807, 2.05) is 0 Å². The summed E-state index contributed by atoms with van der Waals surface area (Å²) in [6.45, 7) is -1.69. The van der Waals surface area contributed by atoms with E-state index in [1.165, 1.54) is 0 Å². The second-order valence-electron chi connectivity index (χ2n) is 5.97. The van der Waals surface area contributed by atoms with Crippen LogP contribution < -0.4 is 0 Å². The van der Waals surface area contributed by atoms with Crippen molar-refractivity contribution in [3.63, 3.8) is 0 Å². The molecule has 0 heterocycles. The fourth-order valence-electron chi connectivity index (χ4n) is 1.94. The number of rotatable bonds is 9. The van der Waals surface area contributed by atoms with Crippen LogP contribution in [0.25, 0.3) is 0 Å². The van der Waals surface area contributed by atoms with Crippen LogP contribution in [0.4, 0.5) is 83.4 Å². The first-order chi connectivity index (χ1) is 13.6. The molecule has 0 N–H and O–H groups in total. The number of ether oxygens (including phenoxy) is 1. The molecule has 194 valence electrons. The molecule has 0 aromatic carbocycles. The van der Waals surface area contributed by atoms with Gasteiger partial charge < -0.3 is 4.74 Å². The van der Waals surface area contributed by atoms with E-state index >= 15 is 0 Å². The van der Waals surface area contributed by atoms with Crippen LogP contribution in [0, 0.1) is 0 Å². The predicted molar refractivity (Wildman–Crippen MR) is 62.1 cm³/mol. The molecule has 0 saturated carbocycles. The van der Waals surface area contributed by atoms with Gasteiger partial charge in [0, 0.05) is 13.5 Å². The lowest BCUT2D eigenvalue weighted by Gasteiger charge is -2.45. The van der Waals surface area contributed by atoms with Crippen LogP contribution in [-0.2, 0) is 4.74 Å². The van der Waals surface area contributed by atoms with Crippen molar-refractivity contribution in [3.8, 4) is 0 Å². The summed E-state index contributed by atoms with van der Waals surface area (Å²) in [6, 6.07) is 0. The third kappa shape index (κ3) is 3.82. The molecule has 0 unspecified atom stereocenters. The van der Waals surface area contributed by atoms with E-state index in [4.69, 9.17) is 0 Å². The highest BCUT2D eigenvalue weighted by Gasteiger charge is 2.98. The molecule has 0 saturated heterocycles. The smallest absolute Gasteiger partial charge is 0.384 e. The van der Waals surface area contributed by atoms with Crippen molar-refractivity contribution in [2.24, 2.45) is 0 Å². The maximum absolute atomic E-state index is 13.4. The minimum atomic E-state index is -8.98. The lowest BCUT2D eigenvalue weighted by atomic mass is 9.83. The van der Waals surface area contributed by atoms with E-state index in [0.29, 0.717) is 7.11 Å². The molecule has 0 radical (unpaired) electrons. The van der Waals surface area contributed by atoms with Crippen molar-refractivity contribution in [2.75, 3.05) is 13.7 Å². The van der Waals surface area contributed by atoms with Crippen LogP contribution in [0.15, 0.2) is 0 Å². The quantitative estimate of drug-likeness (QED) is 0.304. The van der Waals surface area contributed by atoms with Gasteiger partial charge in [0.1, 0.15) is 0 Å². The summed E-state index contributed by atoms with van der Waals surface area (Å²) in [5, 5.41) is 0. The Bertz CT molecular complexity index is 642. The molecular weight excluding hydrogens is 521 g/mol. The van der Waals surface area contributed by atoms with Gasteiger partial charge in [0.2, 0.25) is 0 Å². The van der Waals surface area contributed by atoms with Gasteiger partial charge >= 0.3 is 53.6 Å². The Morgan fingerprint density at radius 3 is 1.00 bits per heavy atom. The first-order valence-corrected chi connectivity index (χ1v) is 7.14. The highest BCUT2D eigenvalue weighted by Crippen LogP contribution is 2.66. The Hall–Kier alpha value is -1.37. The first-order valence-electron chi connectivity index (χ1n) is 7.14. The summed E-state index contributed by atoms with van der Waals surface area (Å²) < 4.78 is 251. The van der Waals surface area contributed by atoms with Gasteiger partial charge in [-0.25, -0.2) is 4.39 Å². The molecule has 0 aliphatic carbocycles. The minimum absolute atomic E-state index is 0.435. The summed E-state index contributed by atoms with van der Waals surface area (Å²) in [4.78, 5) is 0. The number of halogens is 19. The van der Waals surface area contributed by atoms with Gasteiger partial charge in [0.05, 0.1) is 6.61 Å². The van der Waals surface area contributed by atoms with Crippen LogP contribution in [0.3, 0.4) is 0 Å². The summed E-state index contributed by atoms with van der Waals surface area (Å²) in [7, 11) is 0.435. The second-order valence-corrected chi connectivity index (χ2v) is 5.97. The van der Waals surface area contributed by atoms with Crippen molar-refractivity contribution in [2.45, 2.75) is 60.0 Å². The third-order valence-corrected chi connectivity index (χ3v) is 3.87. The molecule has 0 aliphatic heterocycles. The lowest BCUT2D eigenvalue weighted by molar-refractivity contribution is -0.472. The van der Waals surface area contributed by atoms with E-state index in [9.17, 15) is 83.4 Å².